The Morgan fingerprint density at radius 1 is 1.00 bits per heavy atom. The molecule has 0 saturated carbocycles. The summed E-state index contributed by atoms with van der Waals surface area (Å²) in [5.41, 5.74) is 8.32. The Morgan fingerprint density at radius 2 is 1.74 bits per heavy atom. The maximum atomic E-state index is 12.4. The quantitative estimate of drug-likeness (QED) is 0.416. The highest BCUT2D eigenvalue weighted by Crippen LogP contribution is 2.26. The number of rotatable bonds is 8. The minimum absolute atomic E-state index is 0.0417. The van der Waals surface area contributed by atoms with E-state index >= 15 is 0 Å². The Bertz CT molecular complexity index is 1150. The third kappa shape index (κ3) is 4.53. The van der Waals surface area contributed by atoms with Crippen LogP contribution in [0.3, 0.4) is 0 Å². The third-order valence-electron chi connectivity index (χ3n) is 4.68. The van der Waals surface area contributed by atoms with Crippen LogP contribution in [0.25, 0.3) is 17.0 Å². The van der Waals surface area contributed by atoms with Crippen LogP contribution in [0, 0.1) is 0 Å². The van der Waals surface area contributed by atoms with Crippen LogP contribution in [0.15, 0.2) is 60.9 Å². The van der Waals surface area contributed by atoms with Crippen molar-refractivity contribution in [2.45, 2.75) is 12.5 Å². The first-order chi connectivity index (χ1) is 15.0. The number of nitrogen functional groups attached to an aromatic ring is 1. The molecule has 0 amide bonds. The minimum Gasteiger partial charge on any atom is -0.477 e. The predicted octanol–water partition coefficient (Wildman–Crippen LogP) is 3.13. The van der Waals surface area contributed by atoms with Gasteiger partial charge in [-0.25, -0.2) is 4.40 Å². The molecule has 0 saturated heterocycles. The molecule has 1 atom stereocenters. The summed E-state index contributed by atoms with van der Waals surface area (Å²) in [5, 5.41) is 18.1. The summed E-state index contributed by atoms with van der Waals surface area (Å²) >= 11 is 0. The highest BCUT2D eigenvalue weighted by atomic mass is 19.3. The fourth-order valence-corrected chi connectivity index (χ4v) is 3.11. The van der Waals surface area contributed by atoms with Crippen molar-refractivity contribution in [3.8, 4) is 23.0 Å². The minimum atomic E-state index is -2.90. The molecule has 2 heterocycles. The van der Waals surface area contributed by atoms with Gasteiger partial charge in [-0.15, -0.1) is 10.2 Å². The maximum absolute atomic E-state index is 12.4. The van der Waals surface area contributed by atoms with Crippen LogP contribution >= 0.6 is 0 Å². The molecule has 0 aliphatic rings. The summed E-state index contributed by atoms with van der Waals surface area (Å²) < 4.78 is 36.8. The molecule has 31 heavy (non-hydrogen) atoms. The number of aliphatic hydroxyl groups excluding tert-OH is 1. The van der Waals surface area contributed by atoms with Crippen LogP contribution < -0.4 is 15.2 Å². The number of anilines is 1. The lowest BCUT2D eigenvalue weighted by Gasteiger charge is -2.17. The first kappa shape index (κ1) is 20.5. The Labute approximate surface area is 175 Å². The summed E-state index contributed by atoms with van der Waals surface area (Å²) in [6.45, 7) is -2.83. The molecule has 0 fully saturated rings. The number of ether oxygens (including phenoxy) is 2. The van der Waals surface area contributed by atoms with Crippen molar-refractivity contribution in [3.05, 3.63) is 66.5 Å². The van der Waals surface area contributed by atoms with Crippen molar-refractivity contribution in [1.29, 1.82) is 0 Å². The van der Waals surface area contributed by atoms with Crippen molar-refractivity contribution in [2.24, 2.45) is 0 Å². The standard InChI is InChI=1S/C21H19F2N5O3/c22-21(23)31-17-7-3-14(4-8-17)20-27-26-18-9-25-10-19(28(18)20)30-12-15(11-29)13-1-5-16(24)6-2-13/h1-10,15,21,29H,11-12,24H2. The molecular weight excluding hydrogens is 408 g/mol. The van der Waals surface area contributed by atoms with Crippen molar-refractivity contribution in [2.75, 3.05) is 18.9 Å². The summed E-state index contributed by atoms with van der Waals surface area (Å²) in [6, 6.07) is 13.3. The SMILES string of the molecule is Nc1ccc(C(CO)COc2cncc3nnc(-c4ccc(OC(F)F)cc4)n23)cc1. The lowest BCUT2D eigenvalue weighted by Crippen LogP contribution is -2.15. The Morgan fingerprint density at radius 3 is 2.42 bits per heavy atom. The second kappa shape index (κ2) is 8.92. The number of aliphatic hydroxyl groups is 1. The van der Waals surface area contributed by atoms with E-state index in [1.54, 1.807) is 28.7 Å². The molecule has 0 aliphatic heterocycles. The number of benzene rings is 2. The van der Waals surface area contributed by atoms with Crippen LogP contribution in [0.5, 0.6) is 11.6 Å². The van der Waals surface area contributed by atoms with Gasteiger partial charge in [0, 0.05) is 17.2 Å². The van der Waals surface area contributed by atoms with E-state index in [2.05, 4.69) is 19.9 Å². The van der Waals surface area contributed by atoms with E-state index in [9.17, 15) is 13.9 Å². The molecule has 2 aromatic heterocycles. The molecule has 1 unspecified atom stereocenters. The zero-order valence-corrected chi connectivity index (χ0v) is 16.2. The van der Waals surface area contributed by atoms with Gasteiger partial charge >= 0.3 is 6.61 Å². The Hall–Kier alpha value is -3.79. The largest absolute Gasteiger partial charge is 0.477 e. The average molecular weight is 427 g/mol. The number of alkyl halides is 2. The first-order valence-electron chi connectivity index (χ1n) is 9.38. The maximum Gasteiger partial charge on any atom is 0.387 e. The van der Waals surface area contributed by atoms with Gasteiger partial charge in [0.1, 0.15) is 5.75 Å². The fraction of sp³-hybridized carbons (Fsp3) is 0.190. The number of hydrogen-bond acceptors (Lipinski definition) is 7. The Balaban J connectivity index is 1.60. The number of aromatic nitrogens is 4. The number of nitrogens with two attached hydrogens (primary N) is 1. The summed E-state index contributed by atoms with van der Waals surface area (Å²) in [5.74, 6) is 0.588. The molecule has 8 nitrogen and oxygen atoms in total. The first-order valence-corrected chi connectivity index (χ1v) is 9.38. The van der Waals surface area contributed by atoms with Crippen molar-refractivity contribution >= 4 is 11.3 Å². The number of nitrogens with zero attached hydrogens (tertiary/aromatic N) is 4. The monoisotopic (exact) mass is 427 g/mol. The van der Waals surface area contributed by atoms with E-state index in [1.165, 1.54) is 24.5 Å². The summed E-state index contributed by atoms with van der Waals surface area (Å²) in [7, 11) is 0. The van der Waals surface area contributed by atoms with E-state index in [0.717, 1.165) is 5.56 Å². The van der Waals surface area contributed by atoms with Gasteiger partial charge in [-0.2, -0.15) is 8.78 Å². The molecule has 4 aromatic rings. The van der Waals surface area contributed by atoms with Crippen LogP contribution in [0.2, 0.25) is 0 Å². The van der Waals surface area contributed by atoms with Gasteiger partial charge in [-0.05, 0) is 42.0 Å². The number of hydrogen-bond donors (Lipinski definition) is 2. The molecule has 0 bridgehead atoms. The molecule has 10 heteroatoms. The molecular formula is C21H19F2N5O3. The van der Waals surface area contributed by atoms with Gasteiger partial charge in [0.15, 0.2) is 11.5 Å². The molecule has 3 N–H and O–H groups in total. The molecule has 160 valence electrons. The zero-order valence-electron chi connectivity index (χ0n) is 16.2. The fourth-order valence-electron chi connectivity index (χ4n) is 3.11. The highest BCUT2D eigenvalue weighted by Gasteiger charge is 2.16. The van der Waals surface area contributed by atoms with Gasteiger partial charge in [-0.3, -0.25) is 4.98 Å². The topological polar surface area (TPSA) is 108 Å². The molecule has 4 rings (SSSR count). The molecule has 0 radical (unpaired) electrons. The van der Waals surface area contributed by atoms with Crippen molar-refractivity contribution < 1.29 is 23.4 Å². The lowest BCUT2D eigenvalue weighted by atomic mass is 10.0. The summed E-state index contributed by atoms with van der Waals surface area (Å²) in [6.07, 6.45) is 3.05. The molecule has 0 spiro atoms. The van der Waals surface area contributed by atoms with E-state index in [1.807, 2.05) is 12.1 Å². The van der Waals surface area contributed by atoms with Crippen LogP contribution in [0.4, 0.5) is 14.5 Å². The zero-order chi connectivity index (χ0) is 21.8. The normalized spacial score (nSPS) is 12.3. The van der Waals surface area contributed by atoms with Crippen LogP contribution in [-0.4, -0.2) is 44.5 Å². The second-order valence-corrected chi connectivity index (χ2v) is 6.72. The summed E-state index contributed by atoms with van der Waals surface area (Å²) in [4.78, 5) is 4.12. The van der Waals surface area contributed by atoms with Gasteiger partial charge in [0.05, 0.1) is 25.6 Å². The van der Waals surface area contributed by atoms with Gasteiger partial charge in [0.2, 0.25) is 5.88 Å². The average Bonchev–Trinajstić information content (AvgIpc) is 3.20. The molecule has 2 aromatic carbocycles. The predicted molar refractivity (Wildman–Crippen MR) is 109 cm³/mol. The van der Waals surface area contributed by atoms with Gasteiger partial charge in [0.25, 0.3) is 0 Å². The van der Waals surface area contributed by atoms with E-state index in [0.29, 0.717) is 28.6 Å². The van der Waals surface area contributed by atoms with Gasteiger partial charge in [-0.1, -0.05) is 12.1 Å². The highest BCUT2D eigenvalue weighted by molar-refractivity contribution is 5.61. The second-order valence-electron chi connectivity index (χ2n) is 6.72. The van der Waals surface area contributed by atoms with E-state index < -0.39 is 6.61 Å². The molecule has 0 aliphatic carbocycles. The Kier molecular flexibility index (Phi) is 5.89. The van der Waals surface area contributed by atoms with Crippen LogP contribution in [0.1, 0.15) is 11.5 Å². The van der Waals surface area contributed by atoms with Crippen LogP contribution in [-0.2, 0) is 0 Å². The van der Waals surface area contributed by atoms with Crippen molar-refractivity contribution in [3.63, 3.8) is 0 Å². The van der Waals surface area contributed by atoms with Crippen molar-refractivity contribution in [1.82, 2.24) is 19.6 Å². The number of fused-ring (bicyclic) bond motifs is 1. The van der Waals surface area contributed by atoms with Gasteiger partial charge < -0.3 is 20.3 Å². The van der Waals surface area contributed by atoms with E-state index in [4.69, 9.17) is 10.5 Å². The smallest absolute Gasteiger partial charge is 0.387 e. The van der Waals surface area contributed by atoms with E-state index in [-0.39, 0.29) is 24.9 Å². The number of halogens is 2. The third-order valence-corrected chi connectivity index (χ3v) is 4.68. The lowest BCUT2D eigenvalue weighted by molar-refractivity contribution is -0.0498.